The van der Waals surface area contributed by atoms with Crippen LogP contribution in [0.3, 0.4) is 0 Å². The highest BCUT2D eigenvalue weighted by Crippen LogP contribution is 2.30. The predicted octanol–water partition coefficient (Wildman–Crippen LogP) is 4.83. The Bertz CT molecular complexity index is 493. The number of aldehydes is 1. The lowest BCUT2D eigenvalue weighted by atomic mass is 9.95. The summed E-state index contributed by atoms with van der Waals surface area (Å²) in [5.41, 5.74) is 0. The van der Waals surface area contributed by atoms with Crippen molar-refractivity contribution in [3.63, 3.8) is 0 Å². The summed E-state index contributed by atoms with van der Waals surface area (Å²) < 4.78 is 2.23. The second kappa shape index (κ2) is 8.78. The number of thiophene rings is 1. The maximum atomic E-state index is 10.9. The van der Waals surface area contributed by atoms with Crippen LogP contribution < -0.4 is 0 Å². The van der Waals surface area contributed by atoms with Crippen LogP contribution in [0.25, 0.3) is 0 Å². The molecule has 4 heteroatoms. The molecule has 114 valence electrons. The van der Waals surface area contributed by atoms with E-state index in [1.165, 1.54) is 17.7 Å². The Hall–Kier alpha value is -1.42. The number of nitrogens with zero attached hydrogens (tertiary/aromatic N) is 2. The quantitative estimate of drug-likeness (QED) is 0.589. The Morgan fingerprint density at radius 1 is 1.38 bits per heavy atom. The van der Waals surface area contributed by atoms with Crippen LogP contribution in [0.5, 0.6) is 0 Å². The SMILES string of the molecule is CCCC(CCCC(CC=O)c1cccs1)n1ccnc1. The van der Waals surface area contributed by atoms with Gasteiger partial charge in [-0.05, 0) is 36.6 Å². The first-order chi connectivity index (χ1) is 10.3. The third-order valence-corrected chi connectivity index (χ3v) is 5.02. The van der Waals surface area contributed by atoms with Crippen LogP contribution in [0.1, 0.15) is 62.3 Å². The molecule has 2 aromatic heterocycles. The maximum absolute atomic E-state index is 10.9. The summed E-state index contributed by atoms with van der Waals surface area (Å²) in [6, 6.07) is 4.76. The van der Waals surface area contributed by atoms with Crippen molar-refractivity contribution < 1.29 is 4.79 Å². The van der Waals surface area contributed by atoms with Gasteiger partial charge in [0, 0.05) is 29.7 Å². The summed E-state index contributed by atoms with van der Waals surface area (Å²) in [5, 5.41) is 2.10. The number of imidazole rings is 1. The second-order valence-corrected chi connectivity index (χ2v) is 6.48. The van der Waals surface area contributed by atoms with Crippen molar-refractivity contribution in [1.82, 2.24) is 9.55 Å². The molecule has 2 atom stereocenters. The van der Waals surface area contributed by atoms with E-state index in [1.54, 1.807) is 11.3 Å². The van der Waals surface area contributed by atoms with Crippen molar-refractivity contribution in [3.8, 4) is 0 Å². The minimum atomic E-state index is 0.396. The lowest BCUT2D eigenvalue weighted by Crippen LogP contribution is -2.08. The number of hydrogen-bond acceptors (Lipinski definition) is 3. The number of aromatic nitrogens is 2. The van der Waals surface area contributed by atoms with Gasteiger partial charge in [0.25, 0.3) is 0 Å². The topological polar surface area (TPSA) is 34.9 Å². The van der Waals surface area contributed by atoms with Crippen molar-refractivity contribution in [2.45, 2.75) is 57.4 Å². The third-order valence-electron chi connectivity index (χ3n) is 3.98. The van der Waals surface area contributed by atoms with Crippen molar-refractivity contribution in [3.05, 3.63) is 41.1 Å². The van der Waals surface area contributed by atoms with Gasteiger partial charge < -0.3 is 9.36 Å². The minimum absolute atomic E-state index is 0.396. The van der Waals surface area contributed by atoms with Gasteiger partial charge in [0.2, 0.25) is 0 Å². The summed E-state index contributed by atoms with van der Waals surface area (Å²) in [4.78, 5) is 16.4. The highest BCUT2D eigenvalue weighted by molar-refractivity contribution is 7.10. The summed E-state index contributed by atoms with van der Waals surface area (Å²) >= 11 is 1.76. The Balaban J connectivity index is 1.86. The molecule has 2 unspecified atom stereocenters. The number of carbonyl (C=O) groups is 1. The summed E-state index contributed by atoms with van der Waals surface area (Å²) in [5.74, 6) is 0.396. The zero-order valence-corrected chi connectivity index (χ0v) is 13.5. The van der Waals surface area contributed by atoms with Crippen molar-refractivity contribution in [2.75, 3.05) is 0 Å². The van der Waals surface area contributed by atoms with Gasteiger partial charge in [-0.3, -0.25) is 0 Å². The normalized spacial score (nSPS) is 14.0. The number of rotatable bonds is 10. The molecule has 0 N–H and O–H groups in total. The van der Waals surface area contributed by atoms with E-state index in [1.807, 2.05) is 12.5 Å². The van der Waals surface area contributed by atoms with Crippen molar-refractivity contribution in [2.24, 2.45) is 0 Å². The maximum Gasteiger partial charge on any atom is 0.120 e. The van der Waals surface area contributed by atoms with Crippen LogP contribution in [0.4, 0.5) is 0 Å². The highest BCUT2D eigenvalue weighted by atomic mass is 32.1. The van der Waals surface area contributed by atoms with E-state index in [0.717, 1.165) is 25.5 Å². The predicted molar refractivity (Wildman–Crippen MR) is 87.8 cm³/mol. The van der Waals surface area contributed by atoms with Crippen LogP contribution >= 0.6 is 11.3 Å². The molecular formula is C17H24N2OS. The van der Waals surface area contributed by atoms with Gasteiger partial charge in [-0.2, -0.15) is 0 Å². The Labute approximate surface area is 131 Å². The van der Waals surface area contributed by atoms with E-state index in [0.29, 0.717) is 18.4 Å². The van der Waals surface area contributed by atoms with Crippen LogP contribution in [0, 0.1) is 0 Å². The summed E-state index contributed by atoms with van der Waals surface area (Å²) in [7, 11) is 0. The van der Waals surface area contributed by atoms with E-state index in [9.17, 15) is 4.79 Å². The van der Waals surface area contributed by atoms with Gasteiger partial charge >= 0.3 is 0 Å². The molecule has 0 bridgehead atoms. The minimum Gasteiger partial charge on any atom is -0.334 e. The molecule has 0 saturated heterocycles. The Morgan fingerprint density at radius 2 is 2.29 bits per heavy atom. The fourth-order valence-electron chi connectivity index (χ4n) is 2.88. The molecule has 0 radical (unpaired) electrons. The average molecular weight is 304 g/mol. The first kappa shape index (κ1) is 16.0. The standard InChI is InChI=1S/C17H24N2OS/c1-2-5-16(19-11-10-18-14-19)7-3-6-15(9-12-20)17-8-4-13-21-17/h4,8,10-16H,2-3,5-7,9H2,1H3. The van der Waals surface area contributed by atoms with Crippen LogP contribution in [0.15, 0.2) is 36.2 Å². The third kappa shape index (κ3) is 4.81. The van der Waals surface area contributed by atoms with Gasteiger partial charge in [-0.1, -0.05) is 25.8 Å². The van der Waals surface area contributed by atoms with E-state index in [2.05, 4.69) is 40.2 Å². The molecule has 2 aromatic rings. The molecule has 3 nitrogen and oxygen atoms in total. The molecule has 0 aromatic carbocycles. The monoisotopic (exact) mass is 304 g/mol. The zero-order valence-electron chi connectivity index (χ0n) is 12.6. The zero-order chi connectivity index (χ0) is 14.9. The summed E-state index contributed by atoms with van der Waals surface area (Å²) in [6.45, 7) is 2.23. The van der Waals surface area contributed by atoms with Gasteiger partial charge in [0.1, 0.15) is 6.29 Å². The number of carbonyl (C=O) groups excluding carboxylic acids is 1. The van der Waals surface area contributed by atoms with Gasteiger partial charge in [0.15, 0.2) is 0 Å². The molecule has 0 aliphatic carbocycles. The van der Waals surface area contributed by atoms with Crippen molar-refractivity contribution in [1.29, 1.82) is 0 Å². The second-order valence-electron chi connectivity index (χ2n) is 5.50. The fraction of sp³-hybridized carbons (Fsp3) is 0.529. The average Bonchev–Trinajstić information content (AvgIpc) is 3.18. The van der Waals surface area contributed by atoms with Gasteiger partial charge in [-0.15, -0.1) is 11.3 Å². The van der Waals surface area contributed by atoms with Gasteiger partial charge in [-0.25, -0.2) is 4.98 Å². The van der Waals surface area contributed by atoms with E-state index in [-0.39, 0.29) is 0 Å². The van der Waals surface area contributed by atoms with E-state index in [4.69, 9.17) is 0 Å². The Kier molecular flexibility index (Phi) is 6.67. The molecule has 0 aliphatic rings. The molecule has 0 saturated carbocycles. The lowest BCUT2D eigenvalue weighted by molar-refractivity contribution is -0.108. The molecule has 0 amide bonds. The van der Waals surface area contributed by atoms with E-state index >= 15 is 0 Å². The molecule has 0 spiro atoms. The molecule has 0 aliphatic heterocycles. The Morgan fingerprint density at radius 3 is 2.90 bits per heavy atom. The number of hydrogen-bond donors (Lipinski definition) is 0. The highest BCUT2D eigenvalue weighted by Gasteiger charge is 2.14. The van der Waals surface area contributed by atoms with Crippen molar-refractivity contribution >= 4 is 17.6 Å². The smallest absolute Gasteiger partial charge is 0.120 e. The van der Waals surface area contributed by atoms with E-state index < -0.39 is 0 Å². The molecular weight excluding hydrogens is 280 g/mol. The van der Waals surface area contributed by atoms with Crippen LogP contribution in [-0.2, 0) is 4.79 Å². The van der Waals surface area contributed by atoms with Crippen LogP contribution in [-0.4, -0.2) is 15.8 Å². The van der Waals surface area contributed by atoms with Crippen LogP contribution in [0.2, 0.25) is 0 Å². The first-order valence-electron chi connectivity index (χ1n) is 7.79. The molecule has 2 rings (SSSR count). The van der Waals surface area contributed by atoms with Gasteiger partial charge in [0.05, 0.1) is 6.33 Å². The molecule has 2 heterocycles. The molecule has 0 fully saturated rings. The fourth-order valence-corrected chi connectivity index (χ4v) is 3.75. The lowest BCUT2D eigenvalue weighted by Gasteiger charge is -2.19. The first-order valence-corrected chi connectivity index (χ1v) is 8.67. The largest absolute Gasteiger partial charge is 0.334 e. The summed E-state index contributed by atoms with van der Waals surface area (Å²) in [6.07, 6.45) is 13.3. The molecule has 21 heavy (non-hydrogen) atoms.